The quantitative estimate of drug-likeness (QED) is 0.103. The molecule has 5 aromatic carbocycles. The summed E-state index contributed by atoms with van der Waals surface area (Å²) >= 11 is 0. The summed E-state index contributed by atoms with van der Waals surface area (Å²) in [6.07, 6.45) is -2.90. The minimum Gasteiger partial charge on any atom is -0.459 e. The van der Waals surface area contributed by atoms with Crippen molar-refractivity contribution in [1.82, 2.24) is 19.5 Å². The van der Waals surface area contributed by atoms with Crippen LogP contribution in [0.15, 0.2) is 134 Å². The number of aromatic nitrogens is 4. The fourth-order valence-corrected chi connectivity index (χ4v) is 6.03. The summed E-state index contributed by atoms with van der Waals surface area (Å²) in [5.41, 5.74) is 4.88. The van der Waals surface area contributed by atoms with Gasteiger partial charge in [0, 0.05) is 0 Å². The van der Waals surface area contributed by atoms with Gasteiger partial charge < -0.3 is 18.9 Å². The Balaban J connectivity index is 1.20. The van der Waals surface area contributed by atoms with E-state index in [0.29, 0.717) is 33.2 Å². The molecule has 3 heterocycles. The van der Waals surface area contributed by atoms with Gasteiger partial charge in [0.2, 0.25) is 0 Å². The van der Waals surface area contributed by atoms with Crippen LogP contribution in [0.1, 0.15) is 37.3 Å². The van der Waals surface area contributed by atoms with Gasteiger partial charge >= 0.3 is 17.9 Å². The number of rotatable bonds is 8. The highest BCUT2D eigenvalue weighted by molar-refractivity contribution is 5.95. The van der Waals surface area contributed by atoms with Gasteiger partial charge in [-0.15, -0.1) is 0 Å². The molecule has 246 valence electrons. The zero-order valence-corrected chi connectivity index (χ0v) is 26.4. The van der Waals surface area contributed by atoms with Crippen LogP contribution in [0, 0.1) is 0 Å². The average molecular weight is 665 g/mol. The molecule has 0 unspecified atom stereocenters. The number of benzene rings is 5. The number of fused-ring (bicyclic) bond motifs is 3. The second kappa shape index (κ2) is 13.2. The minimum atomic E-state index is -1.19. The topological polar surface area (TPSA) is 132 Å². The molecule has 2 aromatic heterocycles. The molecule has 4 atom stereocenters. The molecule has 0 bridgehead atoms. The van der Waals surface area contributed by atoms with Crippen LogP contribution in [0.4, 0.5) is 0 Å². The van der Waals surface area contributed by atoms with E-state index in [9.17, 15) is 14.4 Å². The van der Waals surface area contributed by atoms with E-state index in [0.717, 1.165) is 11.0 Å². The molecule has 0 amide bonds. The van der Waals surface area contributed by atoms with Crippen LogP contribution in [-0.2, 0) is 18.9 Å². The highest BCUT2D eigenvalue weighted by Crippen LogP contribution is 2.37. The van der Waals surface area contributed by atoms with Crippen LogP contribution in [0.25, 0.3) is 33.1 Å². The SMILES string of the molecule is O=C(OC[C@H]1O[C@@H](n2cnc3cc4nc5ccccc5nc4cc32)[C@H](OC(=O)c2ccccc2)[C@@H]1OC(=O)c1ccccc1)c1ccccc1. The van der Waals surface area contributed by atoms with E-state index in [4.69, 9.17) is 28.9 Å². The highest BCUT2D eigenvalue weighted by atomic mass is 16.7. The van der Waals surface area contributed by atoms with Crippen molar-refractivity contribution in [1.29, 1.82) is 0 Å². The Morgan fingerprint density at radius 3 is 1.66 bits per heavy atom. The molecule has 0 N–H and O–H groups in total. The standard InChI is InChI=1S/C39H28N4O7/c44-37(24-12-4-1-5-13-24)47-22-33-34(49-38(45)25-14-6-2-7-15-25)35(50-39(46)26-16-8-3-9-17-26)36(48-33)43-23-40-31-20-29-30(21-32(31)43)42-28-19-11-10-18-27(28)41-29/h1-21,23,33-36H,22H2/t33-,34-,35-,36-/m1/s1. The van der Waals surface area contributed by atoms with Gasteiger partial charge in [0.15, 0.2) is 18.4 Å². The second-order valence-corrected chi connectivity index (χ2v) is 11.7. The molecule has 8 rings (SSSR count). The fourth-order valence-electron chi connectivity index (χ4n) is 6.03. The van der Waals surface area contributed by atoms with Crippen LogP contribution in [0.5, 0.6) is 0 Å². The van der Waals surface area contributed by atoms with Crippen molar-refractivity contribution < 1.29 is 33.3 Å². The molecule has 1 aliphatic rings. The molecular formula is C39H28N4O7. The van der Waals surface area contributed by atoms with Crippen molar-refractivity contribution in [2.75, 3.05) is 6.61 Å². The third-order valence-electron chi connectivity index (χ3n) is 8.49. The normalized spacial score (nSPS) is 18.6. The summed E-state index contributed by atoms with van der Waals surface area (Å²) in [5, 5.41) is 0. The number of hydrogen-bond acceptors (Lipinski definition) is 10. The maximum Gasteiger partial charge on any atom is 0.338 e. The molecule has 11 nitrogen and oxygen atoms in total. The number of carbonyl (C=O) groups excluding carboxylic acids is 3. The predicted octanol–water partition coefficient (Wildman–Crippen LogP) is 6.34. The summed E-state index contributed by atoms with van der Waals surface area (Å²) in [5.74, 6) is -1.91. The molecule has 50 heavy (non-hydrogen) atoms. The van der Waals surface area contributed by atoms with Gasteiger partial charge in [-0.2, -0.15) is 0 Å². The maximum atomic E-state index is 13.6. The Kier molecular flexibility index (Phi) is 8.15. The van der Waals surface area contributed by atoms with E-state index < -0.39 is 42.4 Å². The lowest BCUT2D eigenvalue weighted by Crippen LogP contribution is -2.41. The number of ether oxygens (including phenoxy) is 4. The summed E-state index contributed by atoms with van der Waals surface area (Å²) in [6.45, 7) is -0.302. The smallest absolute Gasteiger partial charge is 0.338 e. The fraction of sp³-hybridized carbons (Fsp3) is 0.128. The van der Waals surface area contributed by atoms with Gasteiger partial charge in [0.25, 0.3) is 0 Å². The molecule has 0 radical (unpaired) electrons. The van der Waals surface area contributed by atoms with Crippen LogP contribution in [-0.4, -0.2) is 62.3 Å². The predicted molar refractivity (Wildman–Crippen MR) is 182 cm³/mol. The van der Waals surface area contributed by atoms with E-state index in [-0.39, 0.29) is 12.2 Å². The number of nitrogens with zero attached hydrogens (tertiary/aromatic N) is 4. The molecule has 1 saturated heterocycles. The zero-order valence-electron chi connectivity index (χ0n) is 26.4. The van der Waals surface area contributed by atoms with Crippen molar-refractivity contribution >= 4 is 51.0 Å². The van der Waals surface area contributed by atoms with Crippen LogP contribution in [0.2, 0.25) is 0 Å². The summed E-state index contributed by atoms with van der Waals surface area (Å²) in [4.78, 5) is 54.3. The first kappa shape index (κ1) is 30.8. The van der Waals surface area contributed by atoms with E-state index in [1.54, 1.807) is 102 Å². The first-order valence-electron chi connectivity index (χ1n) is 15.9. The number of imidazole rings is 1. The third-order valence-corrected chi connectivity index (χ3v) is 8.49. The molecule has 0 saturated carbocycles. The molecule has 1 fully saturated rings. The van der Waals surface area contributed by atoms with E-state index in [1.807, 2.05) is 36.4 Å². The summed E-state index contributed by atoms with van der Waals surface area (Å²) < 4.78 is 26.1. The van der Waals surface area contributed by atoms with Crippen LogP contribution in [0.3, 0.4) is 0 Å². The number of hydrogen-bond donors (Lipinski definition) is 0. The molecule has 0 aliphatic carbocycles. The lowest BCUT2D eigenvalue weighted by atomic mass is 10.1. The van der Waals surface area contributed by atoms with Gasteiger partial charge in [0.05, 0.1) is 56.1 Å². The van der Waals surface area contributed by atoms with Crippen LogP contribution < -0.4 is 0 Å². The number of esters is 3. The second-order valence-electron chi connectivity index (χ2n) is 11.7. The van der Waals surface area contributed by atoms with Gasteiger partial charge in [-0.25, -0.2) is 29.3 Å². The van der Waals surface area contributed by atoms with Crippen molar-refractivity contribution in [3.63, 3.8) is 0 Å². The lowest BCUT2D eigenvalue weighted by molar-refractivity contribution is -0.0604. The van der Waals surface area contributed by atoms with Gasteiger partial charge in [-0.05, 0) is 60.7 Å². The Hall–Kier alpha value is -6.46. The van der Waals surface area contributed by atoms with Crippen molar-refractivity contribution in [3.05, 3.63) is 150 Å². The Labute approximate surface area is 285 Å². The Morgan fingerprint density at radius 2 is 1.08 bits per heavy atom. The third kappa shape index (κ3) is 6.01. The molecule has 11 heteroatoms. The zero-order chi connectivity index (χ0) is 34.0. The van der Waals surface area contributed by atoms with Crippen molar-refractivity contribution in [2.24, 2.45) is 0 Å². The van der Waals surface area contributed by atoms with Gasteiger partial charge in [0.1, 0.15) is 12.7 Å². The average Bonchev–Trinajstić information content (AvgIpc) is 3.72. The first-order chi connectivity index (χ1) is 24.5. The van der Waals surface area contributed by atoms with Crippen molar-refractivity contribution in [2.45, 2.75) is 24.5 Å². The van der Waals surface area contributed by atoms with Crippen LogP contribution >= 0.6 is 0 Å². The maximum absolute atomic E-state index is 13.6. The van der Waals surface area contributed by atoms with Gasteiger partial charge in [-0.3, -0.25) is 4.57 Å². The monoisotopic (exact) mass is 664 g/mol. The van der Waals surface area contributed by atoms with E-state index in [1.165, 1.54) is 0 Å². The van der Waals surface area contributed by atoms with E-state index >= 15 is 0 Å². The van der Waals surface area contributed by atoms with E-state index in [2.05, 4.69) is 4.98 Å². The first-order valence-corrected chi connectivity index (χ1v) is 15.9. The largest absolute Gasteiger partial charge is 0.459 e. The summed E-state index contributed by atoms with van der Waals surface area (Å²) in [7, 11) is 0. The minimum absolute atomic E-state index is 0.287. The Morgan fingerprint density at radius 1 is 0.580 bits per heavy atom. The lowest BCUT2D eigenvalue weighted by Gasteiger charge is -2.25. The highest BCUT2D eigenvalue weighted by Gasteiger charge is 2.51. The number of para-hydroxylation sites is 2. The Bertz CT molecular complexity index is 2350. The molecule has 7 aromatic rings. The molecule has 0 spiro atoms. The molecular weight excluding hydrogens is 636 g/mol. The summed E-state index contributed by atoms with van der Waals surface area (Å²) in [6, 6.07) is 36.6. The number of carbonyl (C=O) groups is 3. The van der Waals surface area contributed by atoms with Crippen molar-refractivity contribution in [3.8, 4) is 0 Å². The van der Waals surface area contributed by atoms with Gasteiger partial charge in [-0.1, -0.05) is 66.7 Å². The molecule has 1 aliphatic heterocycles.